The Hall–Kier alpha value is -8.01. The van der Waals surface area contributed by atoms with E-state index in [0.717, 1.165) is 0 Å². The number of primary amides is 1. The number of ether oxygens (including phenoxy) is 1. The molecule has 0 bridgehead atoms. The molecule has 0 saturated heterocycles. The number of hydrogen-bond donors (Lipinski definition) is 8. The van der Waals surface area contributed by atoms with Gasteiger partial charge >= 0.3 is 5.97 Å². The molecule has 0 fully saturated rings. The number of carbonyl (C=O) groups is 7. The lowest BCUT2D eigenvalue weighted by Crippen LogP contribution is -2.46. The average Bonchev–Trinajstić information content (AvgIpc) is 3.19. The maximum atomic E-state index is 13.3. The molecule has 0 heterocycles. The molecule has 0 spiro atoms. The zero-order valence-corrected chi connectivity index (χ0v) is 31.1. The highest BCUT2D eigenvalue weighted by Crippen LogP contribution is 2.39. The van der Waals surface area contributed by atoms with Crippen molar-refractivity contribution in [2.75, 3.05) is 21.3 Å². The predicted octanol–water partition coefficient (Wildman–Crippen LogP) is 5.25. The molecule has 58 heavy (non-hydrogen) atoms. The van der Waals surface area contributed by atoms with Gasteiger partial charge in [-0.05, 0) is 111 Å². The second-order valence-electron chi connectivity index (χ2n) is 13.0. The van der Waals surface area contributed by atoms with Crippen molar-refractivity contribution in [3.63, 3.8) is 0 Å². The molecule has 5 aromatic rings. The molecule has 5 aromatic carbocycles. The molecule has 296 valence electrons. The molecule has 16 heteroatoms. The van der Waals surface area contributed by atoms with Crippen LogP contribution in [-0.4, -0.2) is 63.8 Å². The van der Waals surface area contributed by atoms with Crippen LogP contribution in [-0.2, 0) is 9.59 Å². The smallest absolute Gasteiger partial charge is 0.335 e. The summed E-state index contributed by atoms with van der Waals surface area (Å²) in [7, 11) is 0. The standard InChI is InChI=1S/C42H38N6O10/c1-23(2)58-36-32(21-20-31(35(36)50)40(54)45-29-18-12-27(13-19-29)42(56)57)47-38(52)25-10-16-30(17-11-25)46-41(55)33(22-34(43)49)48-39(53)26-8-14-28(15-9-26)44-37(51)24-6-4-3-5-7-24/h3-21,23,33,50H,22H2,1-2H3,(H2,43,49)(H,44,51)(H,45,54)(H,46,55)(H,47,52)(H,48,53)(H,56,57). The summed E-state index contributed by atoms with van der Waals surface area (Å²) >= 11 is 0. The number of rotatable bonds is 15. The van der Waals surface area contributed by atoms with Gasteiger partial charge in [0, 0.05) is 33.8 Å². The fourth-order valence-corrected chi connectivity index (χ4v) is 5.38. The van der Waals surface area contributed by atoms with Crippen LogP contribution in [0.3, 0.4) is 0 Å². The van der Waals surface area contributed by atoms with Crippen LogP contribution in [0.5, 0.6) is 11.5 Å². The minimum atomic E-state index is -1.36. The molecule has 9 N–H and O–H groups in total. The lowest BCUT2D eigenvalue weighted by molar-refractivity contribution is -0.123. The Bertz CT molecular complexity index is 2350. The molecule has 0 aliphatic heterocycles. The van der Waals surface area contributed by atoms with Crippen molar-refractivity contribution in [2.24, 2.45) is 5.73 Å². The summed E-state index contributed by atoms with van der Waals surface area (Å²) in [5, 5.41) is 33.2. The summed E-state index contributed by atoms with van der Waals surface area (Å²) in [6.07, 6.45) is -0.994. The summed E-state index contributed by atoms with van der Waals surface area (Å²) in [6, 6.07) is 26.8. The highest BCUT2D eigenvalue weighted by molar-refractivity contribution is 6.10. The average molecular weight is 787 g/mol. The van der Waals surface area contributed by atoms with Gasteiger partial charge in [0.25, 0.3) is 23.6 Å². The molecule has 5 rings (SSSR count). The van der Waals surface area contributed by atoms with Gasteiger partial charge < -0.3 is 47.3 Å². The van der Waals surface area contributed by atoms with Crippen LogP contribution in [0.4, 0.5) is 22.7 Å². The van der Waals surface area contributed by atoms with Gasteiger partial charge in [0.1, 0.15) is 6.04 Å². The molecule has 0 aliphatic carbocycles. The number of hydrogen-bond acceptors (Lipinski definition) is 9. The fourth-order valence-electron chi connectivity index (χ4n) is 5.38. The molecular weight excluding hydrogens is 748 g/mol. The zero-order valence-electron chi connectivity index (χ0n) is 31.1. The number of nitrogens with two attached hydrogens (primary N) is 1. The van der Waals surface area contributed by atoms with Gasteiger partial charge in [0.2, 0.25) is 11.8 Å². The highest BCUT2D eigenvalue weighted by Gasteiger charge is 2.25. The van der Waals surface area contributed by atoms with E-state index in [2.05, 4.69) is 26.6 Å². The Morgan fingerprint density at radius 1 is 0.586 bits per heavy atom. The van der Waals surface area contributed by atoms with E-state index < -0.39 is 59.8 Å². The van der Waals surface area contributed by atoms with Gasteiger partial charge in [-0.1, -0.05) is 18.2 Å². The van der Waals surface area contributed by atoms with E-state index >= 15 is 0 Å². The molecule has 6 amide bonds. The molecular formula is C42H38N6O10. The highest BCUT2D eigenvalue weighted by atomic mass is 16.5. The lowest BCUT2D eigenvalue weighted by atomic mass is 10.1. The van der Waals surface area contributed by atoms with Crippen molar-refractivity contribution in [1.29, 1.82) is 0 Å². The number of nitrogens with one attached hydrogen (secondary N) is 5. The van der Waals surface area contributed by atoms with Crippen molar-refractivity contribution in [3.8, 4) is 11.5 Å². The predicted molar refractivity (Wildman–Crippen MR) is 214 cm³/mol. The number of anilines is 4. The number of aromatic carboxylic acids is 1. The van der Waals surface area contributed by atoms with Crippen molar-refractivity contribution < 1.29 is 48.5 Å². The third-order valence-electron chi connectivity index (χ3n) is 8.25. The molecule has 0 saturated carbocycles. The van der Waals surface area contributed by atoms with Gasteiger partial charge in [0.15, 0.2) is 11.5 Å². The Balaban J connectivity index is 1.22. The monoisotopic (exact) mass is 786 g/mol. The lowest BCUT2D eigenvalue weighted by Gasteiger charge is -2.19. The second kappa shape index (κ2) is 18.5. The minimum Gasteiger partial charge on any atom is -0.504 e. The molecule has 1 unspecified atom stereocenters. The first-order valence-electron chi connectivity index (χ1n) is 17.6. The van der Waals surface area contributed by atoms with Crippen LogP contribution in [0.25, 0.3) is 0 Å². The summed E-state index contributed by atoms with van der Waals surface area (Å²) in [4.78, 5) is 88.0. The number of aromatic hydroxyl groups is 1. The van der Waals surface area contributed by atoms with Crippen LogP contribution in [0, 0.1) is 0 Å². The van der Waals surface area contributed by atoms with Crippen LogP contribution in [0.1, 0.15) is 72.1 Å². The maximum Gasteiger partial charge on any atom is 0.335 e. The topological polar surface area (TPSA) is 255 Å². The SMILES string of the molecule is CC(C)Oc1c(NC(=O)c2ccc(NC(=O)C(CC(N)=O)NC(=O)c3ccc(NC(=O)c4ccccc4)cc3)cc2)ccc(C(=O)Nc2ccc(C(=O)O)cc2)c1O. The number of carboxylic acid groups (broad SMARTS) is 1. The summed E-state index contributed by atoms with van der Waals surface area (Å²) in [6.45, 7) is 3.36. The number of carboxylic acids is 1. The van der Waals surface area contributed by atoms with Crippen LogP contribution >= 0.6 is 0 Å². The minimum absolute atomic E-state index is 0.0242. The first kappa shape index (κ1) is 41.2. The van der Waals surface area contributed by atoms with E-state index in [1.165, 1.54) is 84.9 Å². The van der Waals surface area contributed by atoms with Gasteiger partial charge in [-0.3, -0.25) is 28.8 Å². The Morgan fingerprint density at radius 2 is 1.07 bits per heavy atom. The van der Waals surface area contributed by atoms with Gasteiger partial charge in [-0.15, -0.1) is 0 Å². The first-order valence-corrected chi connectivity index (χ1v) is 17.6. The van der Waals surface area contributed by atoms with E-state index in [-0.39, 0.29) is 51.0 Å². The van der Waals surface area contributed by atoms with Crippen molar-refractivity contribution in [1.82, 2.24) is 5.32 Å². The van der Waals surface area contributed by atoms with Gasteiger partial charge in [-0.25, -0.2) is 4.79 Å². The summed E-state index contributed by atoms with van der Waals surface area (Å²) < 4.78 is 5.76. The van der Waals surface area contributed by atoms with E-state index in [0.29, 0.717) is 11.3 Å². The number of phenols is 1. The number of amides is 6. The molecule has 0 radical (unpaired) electrons. The zero-order chi connectivity index (χ0) is 41.9. The quantitative estimate of drug-likeness (QED) is 0.0684. The van der Waals surface area contributed by atoms with E-state index in [9.17, 15) is 38.7 Å². The molecule has 1 atom stereocenters. The summed E-state index contributed by atoms with van der Waals surface area (Å²) in [5.41, 5.74) is 6.92. The number of phenolic OH excluding ortho intramolecular Hbond substituents is 1. The maximum absolute atomic E-state index is 13.3. The Labute approximate surface area is 331 Å². The van der Waals surface area contributed by atoms with Crippen molar-refractivity contribution in [2.45, 2.75) is 32.4 Å². The van der Waals surface area contributed by atoms with Crippen molar-refractivity contribution in [3.05, 3.63) is 143 Å². The van der Waals surface area contributed by atoms with Crippen LogP contribution in [0.15, 0.2) is 115 Å². The first-order chi connectivity index (χ1) is 27.7. The molecule has 0 aromatic heterocycles. The number of carbonyl (C=O) groups excluding carboxylic acids is 6. The largest absolute Gasteiger partial charge is 0.504 e. The normalized spacial score (nSPS) is 11.1. The third kappa shape index (κ3) is 10.8. The third-order valence-corrected chi connectivity index (χ3v) is 8.25. The van der Waals surface area contributed by atoms with Crippen molar-refractivity contribution >= 4 is 64.2 Å². The van der Waals surface area contributed by atoms with Crippen LogP contribution < -0.4 is 37.1 Å². The van der Waals surface area contributed by atoms with E-state index in [1.54, 1.807) is 44.2 Å². The molecule has 0 aliphatic rings. The molecule has 16 nitrogen and oxygen atoms in total. The van der Waals surface area contributed by atoms with Crippen LogP contribution in [0.2, 0.25) is 0 Å². The van der Waals surface area contributed by atoms with Gasteiger partial charge in [-0.2, -0.15) is 0 Å². The second-order valence-corrected chi connectivity index (χ2v) is 13.0. The fraction of sp³-hybridized carbons (Fsp3) is 0.119. The van der Waals surface area contributed by atoms with E-state index in [1.807, 2.05) is 0 Å². The Kier molecular flexibility index (Phi) is 13.2. The Morgan fingerprint density at radius 3 is 1.60 bits per heavy atom. The van der Waals surface area contributed by atoms with Gasteiger partial charge in [0.05, 0.1) is 29.3 Å². The summed E-state index contributed by atoms with van der Waals surface area (Å²) in [5.74, 6) is -5.83. The number of benzene rings is 5. The van der Waals surface area contributed by atoms with E-state index in [4.69, 9.17) is 15.6 Å².